The van der Waals surface area contributed by atoms with Gasteiger partial charge >= 0.3 is 5.97 Å². The van der Waals surface area contributed by atoms with Crippen molar-refractivity contribution in [1.82, 2.24) is 15.0 Å². The van der Waals surface area contributed by atoms with Gasteiger partial charge in [-0.05, 0) is 12.1 Å². The average molecular weight is 263 g/mol. The van der Waals surface area contributed by atoms with Gasteiger partial charge in [0.1, 0.15) is 11.5 Å². The quantitative estimate of drug-likeness (QED) is 0.816. The van der Waals surface area contributed by atoms with E-state index in [1.54, 1.807) is 0 Å². The molecule has 0 atom stereocenters. The largest absolute Gasteiger partial charge is 0.477 e. The van der Waals surface area contributed by atoms with Crippen LogP contribution in [0, 0.1) is 5.95 Å². The molecule has 2 heterocycles. The number of nitrogens with one attached hydrogen (secondary N) is 1. The predicted octanol–water partition coefficient (Wildman–Crippen LogP) is 2.61. The van der Waals surface area contributed by atoms with Gasteiger partial charge in [-0.3, -0.25) is 0 Å². The lowest BCUT2D eigenvalue weighted by Crippen LogP contribution is -2.13. The maximum Gasteiger partial charge on any atom is 0.354 e. The highest BCUT2D eigenvalue weighted by Gasteiger charge is 2.25. The number of aromatic nitrogens is 3. The highest BCUT2D eigenvalue weighted by atomic mass is 19.1. The Labute approximate surface area is 109 Å². The molecular weight excluding hydrogens is 249 g/mol. The summed E-state index contributed by atoms with van der Waals surface area (Å²) in [6, 6.07) is 2.99. The Kier molecular flexibility index (Phi) is 3.09. The number of hydrogen-bond donors (Lipinski definition) is 2. The Bertz CT molecular complexity index is 629. The number of carboxylic acid groups (broad SMARTS) is 1. The zero-order valence-electron chi connectivity index (χ0n) is 10.9. The van der Waals surface area contributed by atoms with Crippen molar-refractivity contribution < 1.29 is 14.3 Å². The van der Waals surface area contributed by atoms with Gasteiger partial charge in [-0.25, -0.2) is 14.8 Å². The summed E-state index contributed by atoms with van der Waals surface area (Å²) in [5.74, 6) is -1.43. The number of H-pyrrole nitrogens is 1. The summed E-state index contributed by atoms with van der Waals surface area (Å²) in [6.45, 7) is 5.67. The van der Waals surface area contributed by atoms with Gasteiger partial charge in [0, 0.05) is 11.6 Å². The van der Waals surface area contributed by atoms with Crippen LogP contribution < -0.4 is 0 Å². The highest BCUT2D eigenvalue weighted by Crippen LogP contribution is 2.28. The van der Waals surface area contributed by atoms with Crippen molar-refractivity contribution in [3.63, 3.8) is 0 Å². The molecule has 2 N–H and O–H groups in total. The molecule has 0 bridgehead atoms. The third-order valence-corrected chi connectivity index (χ3v) is 2.64. The van der Waals surface area contributed by atoms with Crippen LogP contribution in [0.1, 0.15) is 37.1 Å². The Morgan fingerprint density at radius 1 is 1.42 bits per heavy atom. The van der Waals surface area contributed by atoms with Crippen LogP contribution in [0.15, 0.2) is 18.3 Å². The number of pyridine rings is 1. The normalized spacial score (nSPS) is 11.6. The van der Waals surface area contributed by atoms with Crippen LogP contribution in [-0.4, -0.2) is 26.0 Å². The lowest BCUT2D eigenvalue weighted by atomic mass is 9.96. The van der Waals surface area contributed by atoms with Gasteiger partial charge in [-0.1, -0.05) is 20.8 Å². The lowest BCUT2D eigenvalue weighted by molar-refractivity contribution is 0.0692. The van der Waals surface area contributed by atoms with Gasteiger partial charge in [0.15, 0.2) is 5.69 Å². The monoisotopic (exact) mass is 263 g/mol. The zero-order valence-corrected chi connectivity index (χ0v) is 10.9. The van der Waals surface area contributed by atoms with Crippen molar-refractivity contribution >= 4 is 5.97 Å². The number of rotatable bonds is 2. The smallest absolute Gasteiger partial charge is 0.354 e. The fourth-order valence-electron chi connectivity index (χ4n) is 1.64. The van der Waals surface area contributed by atoms with Gasteiger partial charge in [0.2, 0.25) is 5.95 Å². The maximum atomic E-state index is 13.7. The topological polar surface area (TPSA) is 78.9 Å². The molecule has 19 heavy (non-hydrogen) atoms. The van der Waals surface area contributed by atoms with E-state index in [1.807, 2.05) is 20.8 Å². The predicted molar refractivity (Wildman–Crippen MR) is 67.4 cm³/mol. The van der Waals surface area contributed by atoms with E-state index in [9.17, 15) is 14.3 Å². The first-order chi connectivity index (χ1) is 8.80. The van der Waals surface area contributed by atoms with Crippen molar-refractivity contribution in [3.8, 4) is 11.3 Å². The van der Waals surface area contributed by atoms with Crippen LogP contribution in [0.25, 0.3) is 11.3 Å². The Hall–Kier alpha value is -2.24. The second-order valence-electron chi connectivity index (χ2n) is 5.21. The van der Waals surface area contributed by atoms with Crippen LogP contribution in [0.5, 0.6) is 0 Å². The SMILES string of the molecule is CC(C)(C)c1nc(-c2cccnc2F)c(C(=O)O)[nH]1. The average Bonchev–Trinajstić information content (AvgIpc) is 2.74. The molecule has 2 aromatic rings. The lowest BCUT2D eigenvalue weighted by Gasteiger charge is -2.13. The van der Waals surface area contributed by atoms with Crippen LogP contribution in [0.3, 0.4) is 0 Å². The maximum absolute atomic E-state index is 13.7. The molecular formula is C13H14FN3O2. The van der Waals surface area contributed by atoms with E-state index in [0.717, 1.165) is 0 Å². The molecule has 5 nitrogen and oxygen atoms in total. The number of imidazole rings is 1. The Balaban J connectivity index is 2.66. The second-order valence-corrected chi connectivity index (χ2v) is 5.21. The molecule has 0 saturated heterocycles. The molecule has 0 unspecified atom stereocenters. The molecule has 6 heteroatoms. The van der Waals surface area contributed by atoms with Crippen molar-refractivity contribution in [3.05, 3.63) is 35.8 Å². The fraction of sp³-hybridized carbons (Fsp3) is 0.308. The summed E-state index contributed by atoms with van der Waals surface area (Å²) in [7, 11) is 0. The van der Waals surface area contributed by atoms with Crippen molar-refractivity contribution in [2.75, 3.05) is 0 Å². The first kappa shape index (κ1) is 13.2. The third-order valence-electron chi connectivity index (χ3n) is 2.64. The van der Waals surface area contributed by atoms with Crippen molar-refractivity contribution in [2.24, 2.45) is 0 Å². The number of carboxylic acids is 1. The number of aromatic carboxylic acids is 1. The Morgan fingerprint density at radius 3 is 2.63 bits per heavy atom. The molecule has 0 aliphatic rings. The molecule has 0 fully saturated rings. The first-order valence-corrected chi connectivity index (χ1v) is 5.75. The van der Waals surface area contributed by atoms with Crippen LogP contribution in [-0.2, 0) is 5.41 Å². The number of hydrogen-bond acceptors (Lipinski definition) is 3. The van der Waals surface area contributed by atoms with E-state index in [2.05, 4.69) is 15.0 Å². The van der Waals surface area contributed by atoms with Crippen LogP contribution in [0.4, 0.5) is 4.39 Å². The van der Waals surface area contributed by atoms with Gasteiger partial charge < -0.3 is 10.1 Å². The van der Waals surface area contributed by atoms with E-state index < -0.39 is 11.9 Å². The van der Waals surface area contributed by atoms with E-state index in [4.69, 9.17) is 0 Å². The number of aromatic amines is 1. The minimum atomic E-state index is -1.18. The first-order valence-electron chi connectivity index (χ1n) is 5.75. The zero-order chi connectivity index (χ0) is 14.2. The fourth-order valence-corrected chi connectivity index (χ4v) is 1.64. The molecule has 0 spiro atoms. The molecule has 0 aliphatic heterocycles. The van der Waals surface area contributed by atoms with Gasteiger partial charge in [-0.2, -0.15) is 4.39 Å². The molecule has 2 aromatic heterocycles. The Morgan fingerprint density at radius 2 is 2.11 bits per heavy atom. The van der Waals surface area contributed by atoms with E-state index in [0.29, 0.717) is 5.82 Å². The number of halogens is 1. The standard InChI is InChI=1S/C13H14FN3O2/c1-13(2,3)12-16-8(9(17-12)11(18)19)7-5-4-6-15-10(7)14/h4-6H,1-3H3,(H,16,17)(H,18,19). The van der Waals surface area contributed by atoms with E-state index in [1.165, 1.54) is 18.3 Å². The number of nitrogens with zero attached hydrogens (tertiary/aromatic N) is 2. The van der Waals surface area contributed by atoms with Crippen LogP contribution in [0.2, 0.25) is 0 Å². The van der Waals surface area contributed by atoms with Gasteiger partial charge in [0.25, 0.3) is 0 Å². The van der Waals surface area contributed by atoms with E-state index in [-0.39, 0.29) is 22.4 Å². The molecule has 0 aliphatic carbocycles. The summed E-state index contributed by atoms with van der Waals surface area (Å²) in [5, 5.41) is 9.18. The number of carbonyl (C=O) groups is 1. The summed E-state index contributed by atoms with van der Waals surface area (Å²) < 4.78 is 13.7. The van der Waals surface area contributed by atoms with Gasteiger partial charge in [0.05, 0.1) is 5.56 Å². The minimum absolute atomic E-state index is 0.0722. The molecule has 2 rings (SSSR count). The molecule has 0 saturated carbocycles. The minimum Gasteiger partial charge on any atom is -0.477 e. The summed E-state index contributed by atoms with van der Waals surface area (Å²) >= 11 is 0. The van der Waals surface area contributed by atoms with Crippen molar-refractivity contribution in [1.29, 1.82) is 0 Å². The second kappa shape index (κ2) is 4.46. The summed E-state index contributed by atoms with van der Waals surface area (Å²) in [6.07, 6.45) is 1.30. The van der Waals surface area contributed by atoms with E-state index >= 15 is 0 Å². The highest BCUT2D eigenvalue weighted by molar-refractivity contribution is 5.93. The molecule has 0 amide bonds. The molecule has 100 valence electrons. The third kappa shape index (κ3) is 2.47. The molecule has 0 aromatic carbocycles. The van der Waals surface area contributed by atoms with Crippen LogP contribution >= 0.6 is 0 Å². The summed E-state index contributed by atoms with van der Waals surface area (Å²) in [4.78, 5) is 21.7. The van der Waals surface area contributed by atoms with Crippen molar-refractivity contribution in [2.45, 2.75) is 26.2 Å². The summed E-state index contributed by atoms with van der Waals surface area (Å²) in [5.41, 5.74) is -0.340. The molecule has 0 radical (unpaired) electrons. The van der Waals surface area contributed by atoms with Gasteiger partial charge in [-0.15, -0.1) is 0 Å².